The molecule has 0 saturated heterocycles. The summed E-state index contributed by atoms with van der Waals surface area (Å²) in [5, 5.41) is 4.20. The van der Waals surface area contributed by atoms with E-state index < -0.39 is 41.0 Å². The minimum absolute atomic E-state index is 0.00362. The van der Waals surface area contributed by atoms with E-state index in [9.17, 15) is 31.1 Å². The molecule has 0 aliphatic heterocycles. The molecule has 4 aromatic rings. The average Bonchev–Trinajstić information content (AvgIpc) is 3.62. The molecule has 1 aromatic carbocycles. The SMILES string of the molecule is CC(c1ncnn1-c1cc(-c2ccccn2)ncn1)N(CC1CC1)C(=O)c1cc(C(F)(F)F)cc(C(F)(F)F)c1. The van der Waals surface area contributed by atoms with Gasteiger partial charge in [0, 0.05) is 24.4 Å². The van der Waals surface area contributed by atoms with Gasteiger partial charge in [-0.2, -0.15) is 36.1 Å². The molecule has 14 heteroatoms. The van der Waals surface area contributed by atoms with Crippen molar-refractivity contribution in [3.8, 4) is 17.2 Å². The number of alkyl halides is 6. The maximum Gasteiger partial charge on any atom is 0.416 e. The average molecular weight is 561 g/mol. The Hall–Kier alpha value is -4.36. The number of pyridine rings is 1. The second kappa shape index (κ2) is 10.3. The summed E-state index contributed by atoms with van der Waals surface area (Å²) >= 11 is 0. The van der Waals surface area contributed by atoms with Crippen LogP contribution in [-0.2, 0) is 12.4 Å². The van der Waals surface area contributed by atoms with Crippen LogP contribution in [0, 0.1) is 5.92 Å². The van der Waals surface area contributed by atoms with Crippen molar-refractivity contribution in [2.75, 3.05) is 6.54 Å². The number of carbonyl (C=O) groups excluding carboxylic acids is 1. The summed E-state index contributed by atoms with van der Waals surface area (Å²) in [6.45, 7) is 1.70. The number of halogens is 6. The molecule has 1 aliphatic rings. The first-order valence-corrected chi connectivity index (χ1v) is 12.2. The highest BCUT2D eigenvalue weighted by atomic mass is 19.4. The molecule has 1 saturated carbocycles. The number of rotatable bonds is 7. The van der Waals surface area contributed by atoms with Crippen molar-refractivity contribution in [1.29, 1.82) is 0 Å². The molecule has 1 aliphatic carbocycles. The normalized spacial score (nSPS) is 14.7. The van der Waals surface area contributed by atoms with Gasteiger partial charge in [-0.3, -0.25) is 9.78 Å². The molecule has 8 nitrogen and oxygen atoms in total. The highest BCUT2D eigenvalue weighted by molar-refractivity contribution is 5.95. The van der Waals surface area contributed by atoms with E-state index in [4.69, 9.17) is 0 Å². The fourth-order valence-electron chi connectivity index (χ4n) is 4.21. The van der Waals surface area contributed by atoms with Crippen molar-refractivity contribution in [1.82, 2.24) is 34.6 Å². The van der Waals surface area contributed by atoms with Crippen LogP contribution in [0.25, 0.3) is 17.2 Å². The van der Waals surface area contributed by atoms with E-state index in [-0.39, 0.29) is 30.2 Å². The number of aromatic nitrogens is 6. The van der Waals surface area contributed by atoms with Crippen LogP contribution in [0.3, 0.4) is 0 Å². The van der Waals surface area contributed by atoms with E-state index >= 15 is 0 Å². The van der Waals surface area contributed by atoms with Crippen LogP contribution in [0.2, 0.25) is 0 Å². The molecule has 3 aromatic heterocycles. The van der Waals surface area contributed by atoms with Crippen LogP contribution < -0.4 is 0 Å². The minimum atomic E-state index is -5.08. The van der Waals surface area contributed by atoms with Crippen LogP contribution in [0.15, 0.2) is 61.3 Å². The lowest BCUT2D eigenvalue weighted by atomic mass is 10.0. The number of amides is 1. The molecule has 1 atom stereocenters. The lowest BCUT2D eigenvalue weighted by Crippen LogP contribution is -2.37. The third kappa shape index (κ3) is 5.80. The number of hydrogen-bond acceptors (Lipinski definition) is 6. The molecule has 0 spiro atoms. The lowest BCUT2D eigenvalue weighted by Gasteiger charge is -2.29. The topological polar surface area (TPSA) is 89.7 Å². The van der Waals surface area contributed by atoms with Crippen LogP contribution in [-0.4, -0.2) is 47.1 Å². The number of carbonyl (C=O) groups is 1. The number of nitrogens with zero attached hydrogens (tertiary/aromatic N) is 7. The van der Waals surface area contributed by atoms with Crippen LogP contribution in [0.4, 0.5) is 26.3 Å². The van der Waals surface area contributed by atoms with E-state index in [1.807, 2.05) is 0 Å². The van der Waals surface area contributed by atoms with E-state index in [2.05, 4.69) is 25.0 Å². The van der Waals surface area contributed by atoms with Crippen LogP contribution in [0.1, 0.15) is 53.1 Å². The highest BCUT2D eigenvalue weighted by Crippen LogP contribution is 2.38. The summed E-state index contributed by atoms with van der Waals surface area (Å²) in [5.74, 6) is -0.428. The van der Waals surface area contributed by atoms with Gasteiger partial charge in [-0.15, -0.1) is 0 Å². The Bertz CT molecular complexity index is 1480. The second-order valence-electron chi connectivity index (χ2n) is 9.38. The Morgan fingerprint density at radius 3 is 2.23 bits per heavy atom. The predicted octanol–water partition coefficient (Wildman–Crippen LogP) is 5.77. The summed E-state index contributed by atoms with van der Waals surface area (Å²) in [6.07, 6.45) is -4.50. The quantitative estimate of drug-likeness (QED) is 0.266. The molecule has 5 rings (SSSR count). The van der Waals surface area contributed by atoms with E-state index in [1.54, 1.807) is 37.4 Å². The zero-order valence-electron chi connectivity index (χ0n) is 20.9. The van der Waals surface area contributed by atoms with Crippen molar-refractivity contribution < 1.29 is 31.1 Å². The Labute approximate surface area is 223 Å². The third-order valence-corrected chi connectivity index (χ3v) is 6.46. The summed E-state index contributed by atoms with van der Waals surface area (Å²) in [5.41, 5.74) is -2.79. The van der Waals surface area contributed by atoms with Gasteiger partial charge in [-0.05, 0) is 56.0 Å². The van der Waals surface area contributed by atoms with Gasteiger partial charge in [-0.25, -0.2) is 15.0 Å². The summed E-state index contributed by atoms with van der Waals surface area (Å²) in [7, 11) is 0. The summed E-state index contributed by atoms with van der Waals surface area (Å²) < 4.78 is 82.2. The smallest absolute Gasteiger partial charge is 0.328 e. The highest BCUT2D eigenvalue weighted by Gasteiger charge is 2.39. The van der Waals surface area contributed by atoms with E-state index in [1.165, 1.54) is 22.2 Å². The van der Waals surface area contributed by atoms with Gasteiger partial charge >= 0.3 is 12.4 Å². The van der Waals surface area contributed by atoms with Gasteiger partial charge in [0.1, 0.15) is 12.7 Å². The molecule has 3 heterocycles. The van der Waals surface area contributed by atoms with Crippen molar-refractivity contribution in [2.45, 2.75) is 38.2 Å². The van der Waals surface area contributed by atoms with Crippen LogP contribution in [0.5, 0.6) is 0 Å². The maximum atomic E-state index is 13.6. The first-order chi connectivity index (χ1) is 18.9. The standard InChI is InChI=1S/C26H21F6N7O/c1-15(23-36-14-37-39(23)22-11-21(34-13-35-22)20-4-2-3-7-33-20)38(12-16-5-6-16)24(40)17-8-18(25(27,28)29)10-19(9-17)26(30,31)32/h2-4,7-11,13-16H,5-6,12H2,1H3. The first kappa shape index (κ1) is 27.2. The fourth-order valence-corrected chi connectivity index (χ4v) is 4.21. The van der Waals surface area contributed by atoms with E-state index in [0.29, 0.717) is 23.5 Å². The number of hydrogen-bond donors (Lipinski definition) is 0. The van der Waals surface area contributed by atoms with Gasteiger partial charge in [0.15, 0.2) is 11.6 Å². The molecule has 0 radical (unpaired) electrons. The molecule has 40 heavy (non-hydrogen) atoms. The molecular formula is C26H21F6N7O. The number of benzene rings is 1. The fraction of sp³-hybridized carbons (Fsp3) is 0.308. The molecular weight excluding hydrogens is 540 g/mol. The van der Waals surface area contributed by atoms with Gasteiger partial charge in [-0.1, -0.05) is 6.07 Å². The summed E-state index contributed by atoms with van der Waals surface area (Å²) in [4.78, 5) is 31.8. The molecule has 1 unspecified atom stereocenters. The van der Waals surface area contributed by atoms with Gasteiger partial charge in [0.2, 0.25) is 0 Å². The Morgan fingerprint density at radius 1 is 0.925 bits per heavy atom. The lowest BCUT2D eigenvalue weighted by molar-refractivity contribution is -0.143. The van der Waals surface area contributed by atoms with Crippen molar-refractivity contribution in [2.24, 2.45) is 5.92 Å². The molecule has 1 amide bonds. The minimum Gasteiger partial charge on any atom is -0.328 e. The third-order valence-electron chi connectivity index (χ3n) is 6.46. The Morgan fingerprint density at radius 2 is 1.62 bits per heavy atom. The van der Waals surface area contributed by atoms with E-state index in [0.717, 1.165) is 12.8 Å². The van der Waals surface area contributed by atoms with Gasteiger partial charge in [0.05, 0.1) is 28.6 Å². The monoisotopic (exact) mass is 561 g/mol. The Kier molecular flexibility index (Phi) is 7.02. The molecule has 208 valence electrons. The predicted molar refractivity (Wildman–Crippen MR) is 129 cm³/mol. The van der Waals surface area contributed by atoms with Gasteiger partial charge < -0.3 is 4.90 Å². The Balaban J connectivity index is 1.52. The van der Waals surface area contributed by atoms with Gasteiger partial charge in [0.25, 0.3) is 5.91 Å². The van der Waals surface area contributed by atoms with Crippen molar-refractivity contribution >= 4 is 5.91 Å². The molecule has 0 bridgehead atoms. The van der Waals surface area contributed by atoms with Crippen LogP contribution >= 0.6 is 0 Å². The zero-order valence-corrected chi connectivity index (χ0v) is 20.9. The van der Waals surface area contributed by atoms with Crippen molar-refractivity contribution in [3.63, 3.8) is 0 Å². The second-order valence-corrected chi connectivity index (χ2v) is 9.38. The molecule has 1 fully saturated rings. The largest absolute Gasteiger partial charge is 0.416 e. The molecule has 0 N–H and O–H groups in total. The zero-order chi connectivity index (χ0) is 28.7. The maximum absolute atomic E-state index is 13.6. The summed E-state index contributed by atoms with van der Waals surface area (Å²) in [6, 6.07) is 6.88. The first-order valence-electron chi connectivity index (χ1n) is 12.2. The van der Waals surface area contributed by atoms with Crippen molar-refractivity contribution in [3.05, 3.63) is 83.8 Å².